The number of rotatable bonds is 11. The second-order valence-corrected chi connectivity index (χ2v) is 13.1. The third-order valence-corrected chi connectivity index (χ3v) is 10.2. The Labute approximate surface area is 346 Å². The van der Waals surface area contributed by atoms with Crippen LogP contribution in [0.2, 0.25) is 0 Å². The summed E-state index contributed by atoms with van der Waals surface area (Å²) < 4.78 is 0. The van der Waals surface area contributed by atoms with Crippen LogP contribution >= 0.6 is 0 Å². The average Bonchev–Trinajstić information content (AvgIpc) is 4.12. The second-order valence-electron chi connectivity index (χ2n) is 13.1. The number of nitrogens with one attached hydrogen (secondary N) is 1. The molecule has 0 saturated carbocycles. The molecule has 8 rings (SSSR count). The van der Waals surface area contributed by atoms with Gasteiger partial charge < -0.3 is 5.32 Å². The molecule has 294 valence electrons. The Kier molecular flexibility index (Phi) is 18.1. The molecule has 0 aromatic heterocycles. The lowest BCUT2D eigenvalue weighted by molar-refractivity contribution is 0.693. The van der Waals surface area contributed by atoms with Gasteiger partial charge in [0.25, 0.3) is 0 Å². The smallest absolute Gasteiger partial charge is 0.0642 e. The Morgan fingerprint density at radius 1 is 0.649 bits per heavy atom. The van der Waals surface area contributed by atoms with Crippen molar-refractivity contribution in [2.24, 2.45) is 0 Å². The lowest BCUT2D eigenvalue weighted by Gasteiger charge is -2.36. The Morgan fingerprint density at radius 3 is 2.09 bits per heavy atom. The van der Waals surface area contributed by atoms with Crippen molar-refractivity contribution in [3.63, 3.8) is 0 Å². The first kappa shape index (κ1) is 44.1. The van der Waals surface area contributed by atoms with Gasteiger partial charge in [-0.25, -0.2) is 0 Å². The maximum Gasteiger partial charge on any atom is 0.0642 e. The van der Waals surface area contributed by atoms with Gasteiger partial charge in [-0.05, 0) is 100 Å². The minimum atomic E-state index is -0.197. The summed E-state index contributed by atoms with van der Waals surface area (Å²) in [5.74, 6) is 0. The standard InChI is InChI=1S/C48H41N.4C2H6/c1(3-7-19-36-20-9-5-10-21-36)2-4-8-22-37-23-17-28-40(35-37)49-46-32-16-15-29-41(46)42-33-34-45-47(42)43-30-18-31-44(43)48(45,39-26-13-14-27-39)38-24-11-6-12-25-38;4*1-2/h1-3,5-18,20-26,28-30,32,34-35,49H,4,19,27,31,33H2;4*1-2H3/b2-1-,7-3?,22-8-;;;;. The normalized spacial score (nSPS) is 17.2. The third kappa shape index (κ3) is 10.0. The monoisotopic (exact) mass is 752 g/mol. The van der Waals surface area contributed by atoms with E-state index in [2.05, 4.69) is 187 Å². The molecule has 0 heterocycles. The first-order chi connectivity index (χ1) is 28.3. The summed E-state index contributed by atoms with van der Waals surface area (Å²) in [7, 11) is 0. The number of allylic oxidation sites excluding steroid dienone is 17. The first-order valence-corrected chi connectivity index (χ1v) is 21.6. The molecule has 0 spiro atoms. The van der Waals surface area contributed by atoms with E-state index in [-0.39, 0.29) is 5.41 Å². The van der Waals surface area contributed by atoms with E-state index in [0.29, 0.717) is 0 Å². The maximum atomic E-state index is 3.81. The molecule has 4 aliphatic rings. The molecule has 1 unspecified atom stereocenters. The van der Waals surface area contributed by atoms with Crippen LogP contribution < -0.4 is 5.32 Å². The van der Waals surface area contributed by atoms with Crippen LogP contribution in [0.1, 0.15) is 103 Å². The molecule has 0 aliphatic heterocycles. The van der Waals surface area contributed by atoms with Crippen LogP contribution in [0, 0.1) is 0 Å². The molecule has 0 fully saturated rings. The fourth-order valence-corrected chi connectivity index (χ4v) is 8.08. The lowest BCUT2D eigenvalue weighted by atomic mass is 9.65. The zero-order chi connectivity index (χ0) is 40.9. The molecular formula is C56H65N. The van der Waals surface area contributed by atoms with Crippen LogP contribution in [0.25, 0.3) is 11.6 Å². The summed E-state index contributed by atoms with van der Waals surface area (Å²) in [6.07, 6.45) is 32.1. The molecular weight excluding hydrogens is 687 g/mol. The van der Waals surface area contributed by atoms with E-state index < -0.39 is 0 Å². The fourth-order valence-electron chi connectivity index (χ4n) is 8.08. The predicted molar refractivity (Wildman–Crippen MR) is 254 cm³/mol. The van der Waals surface area contributed by atoms with E-state index in [0.717, 1.165) is 43.5 Å². The van der Waals surface area contributed by atoms with E-state index >= 15 is 0 Å². The van der Waals surface area contributed by atoms with Gasteiger partial charge in [0, 0.05) is 16.9 Å². The van der Waals surface area contributed by atoms with Crippen molar-refractivity contribution in [3.8, 4) is 0 Å². The van der Waals surface area contributed by atoms with Gasteiger partial charge in [-0.15, -0.1) is 0 Å². The highest BCUT2D eigenvalue weighted by molar-refractivity contribution is 5.94. The van der Waals surface area contributed by atoms with E-state index in [1.807, 2.05) is 55.4 Å². The van der Waals surface area contributed by atoms with Gasteiger partial charge in [-0.1, -0.05) is 219 Å². The van der Waals surface area contributed by atoms with E-state index in [1.54, 1.807) is 0 Å². The number of hydrogen-bond acceptors (Lipinski definition) is 1. The van der Waals surface area contributed by atoms with Crippen molar-refractivity contribution >= 4 is 23.0 Å². The molecule has 1 N–H and O–H groups in total. The summed E-state index contributed by atoms with van der Waals surface area (Å²) in [5.41, 5.74) is 16.0. The van der Waals surface area contributed by atoms with Crippen LogP contribution in [0.3, 0.4) is 0 Å². The summed E-state index contributed by atoms with van der Waals surface area (Å²) in [6.45, 7) is 16.0. The maximum absolute atomic E-state index is 3.81. The van der Waals surface area contributed by atoms with Gasteiger partial charge in [-0.3, -0.25) is 0 Å². The Hall–Kier alpha value is -5.66. The van der Waals surface area contributed by atoms with Crippen LogP contribution in [0.4, 0.5) is 11.4 Å². The molecule has 57 heavy (non-hydrogen) atoms. The molecule has 4 aromatic rings. The van der Waals surface area contributed by atoms with E-state index in [9.17, 15) is 0 Å². The molecule has 1 nitrogen and oxygen atoms in total. The van der Waals surface area contributed by atoms with Gasteiger partial charge in [0.1, 0.15) is 0 Å². The minimum absolute atomic E-state index is 0.197. The van der Waals surface area contributed by atoms with Gasteiger partial charge >= 0.3 is 0 Å². The second kappa shape index (κ2) is 23.4. The van der Waals surface area contributed by atoms with E-state index in [1.165, 1.54) is 55.7 Å². The Balaban J connectivity index is 0.000000849. The van der Waals surface area contributed by atoms with Crippen LogP contribution in [0.5, 0.6) is 0 Å². The molecule has 0 radical (unpaired) electrons. The van der Waals surface area contributed by atoms with Gasteiger partial charge in [0.2, 0.25) is 0 Å². The molecule has 0 amide bonds. The molecule has 1 atom stereocenters. The molecule has 0 saturated heterocycles. The highest BCUT2D eigenvalue weighted by Gasteiger charge is 2.52. The van der Waals surface area contributed by atoms with Crippen molar-refractivity contribution in [2.75, 3.05) is 5.32 Å². The zero-order valence-electron chi connectivity index (χ0n) is 35.9. The highest BCUT2D eigenvalue weighted by Crippen LogP contribution is 2.63. The predicted octanol–water partition coefficient (Wildman–Crippen LogP) is 16.5. The third-order valence-electron chi connectivity index (χ3n) is 10.2. The van der Waals surface area contributed by atoms with Crippen molar-refractivity contribution in [1.82, 2.24) is 0 Å². The average molecular weight is 752 g/mol. The summed E-state index contributed by atoms with van der Waals surface area (Å²) in [4.78, 5) is 0. The van der Waals surface area contributed by atoms with Gasteiger partial charge in [0.05, 0.1) is 5.41 Å². The lowest BCUT2D eigenvalue weighted by Crippen LogP contribution is -2.30. The Morgan fingerprint density at radius 2 is 1.35 bits per heavy atom. The van der Waals surface area contributed by atoms with Crippen LogP contribution in [-0.2, 0) is 11.8 Å². The number of fused-ring (bicyclic) bond motifs is 2. The van der Waals surface area contributed by atoms with Crippen LogP contribution in [0.15, 0.2) is 204 Å². The highest BCUT2D eigenvalue weighted by atomic mass is 14.9. The molecule has 0 bridgehead atoms. The van der Waals surface area contributed by atoms with Crippen LogP contribution in [-0.4, -0.2) is 0 Å². The van der Waals surface area contributed by atoms with Crippen molar-refractivity contribution in [2.45, 2.75) is 92.9 Å². The summed E-state index contributed by atoms with van der Waals surface area (Å²) in [6, 6.07) is 39.3. The number of hydrogen-bond donors (Lipinski definition) is 1. The van der Waals surface area contributed by atoms with Gasteiger partial charge in [0.15, 0.2) is 0 Å². The quantitative estimate of drug-likeness (QED) is 0.151. The number of anilines is 2. The minimum Gasteiger partial charge on any atom is -0.355 e. The molecule has 4 aliphatic carbocycles. The number of benzene rings is 4. The summed E-state index contributed by atoms with van der Waals surface area (Å²) >= 11 is 0. The largest absolute Gasteiger partial charge is 0.355 e. The first-order valence-electron chi connectivity index (χ1n) is 21.6. The van der Waals surface area contributed by atoms with Crippen molar-refractivity contribution in [3.05, 3.63) is 226 Å². The Bertz CT molecular complexity index is 2140. The van der Waals surface area contributed by atoms with Crippen molar-refractivity contribution < 1.29 is 0 Å². The van der Waals surface area contributed by atoms with E-state index in [4.69, 9.17) is 0 Å². The zero-order valence-corrected chi connectivity index (χ0v) is 35.9. The van der Waals surface area contributed by atoms with Crippen molar-refractivity contribution in [1.29, 1.82) is 0 Å². The number of para-hydroxylation sites is 1. The van der Waals surface area contributed by atoms with Gasteiger partial charge in [-0.2, -0.15) is 0 Å². The summed E-state index contributed by atoms with van der Waals surface area (Å²) in [5, 5.41) is 3.81. The fraction of sp³-hybridized carbons (Fsp3) is 0.250. The molecule has 1 heteroatoms. The molecule has 4 aromatic carbocycles. The topological polar surface area (TPSA) is 12.0 Å². The SMILES string of the molecule is C1=CCC(C2(c3ccccc3)C3=CCC(c4ccccc4Nc4cccc(/C=C\C/C=C\C=CCc5ccccc5)c4)=C3C3=C2CC=C3)=C1.CC.CC.CC.CC.